The molecule has 1 amide bonds. The van der Waals surface area contributed by atoms with Gasteiger partial charge in [0.05, 0.1) is 24.5 Å². The summed E-state index contributed by atoms with van der Waals surface area (Å²) in [5.74, 6) is 1.02. The van der Waals surface area contributed by atoms with Crippen LogP contribution in [0, 0.1) is 5.92 Å². The lowest BCUT2D eigenvalue weighted by Crippen LogP contribution is -2.34. The van der Waals surface area contributed by atoms with Gasteiger partial charge in [0, 0.05) is 18.4 Å². The summed E-state index contributed by atoms with van der Waals surface area (Å²) in [6.45, 7) is 7.51. The Morgan fingerprint density at radius 3 is 2.84 bits per heavy atom. The molecular formula is C20H27N3O2. The van der Waals surface area contributed by atoms with E-state index in [0.29, 0.717) is 13.2 Å². The second kappa shape index (κ2) is 6.90. The summed E-state index contributed by atoms with van der Waals surface area (Å²) in [4.78, 5) is 14.7. The van der Waals surface area contributed by atoms with Crippen molar-refractivity contribution in [2.45, 2.75) is 45.6 Å². The molecule has 1 unspecified atom stereocenters. The Balaban J connectivity index is 1.67. The number of amides is 1. The maximum Gasteiger partial charge on any atom is 0.226 e. The zero-order valence-corrected chi connectivity index (χ0v) is 15.5. The van der Waals surface area contributed by atoms with Crippen molar-refractivity contribution >= 4 is 5.91 Å². The SMILES string of the molecule is CN(Cc1cc(C(C)(C)C)n[nH]1)C(=O)C1CCOc2ccccc2C1. The highest BCUT2D eigenvalue weighted by Crippen LogP contribution is 2.28. The first-order chi connectivity index (χ1) is 11.8. The molecule has 0 spiro atoms. The van der Waals surface area contributed by atoms with Crippen molar-refractivity contribution in [2.24, 2.45) is 5.92 Å². The molecule has 0 aliphatic carbocycles. The highest BCUT2D eigenvalue weighted by molar-refractivity contribution is 5.79. The van der Waals surface area contributed by atoms with Crippen molar-refractivity contribution in [3.05, 3.63) is 47.3 Å². The average molecular weight is 341 g/mol. The number of hydrogen-bond acceptors (Lipinski definition) is 3. The lowest BCUT2D eigenvalue weighted by molar-refractivity contribution is -0.135. The molecule has 3 rings (SSSR count). The van der Waals surface area contributed by atoms with Crippen LogP contribution in [0.15, 0.2) is 30.3 Å². The lowest BCUT2D eigenvalue weighted by atomic mass is 9.92. The van der Waals surface area contributed by atoms with E-state index in [0.717, 1.165) is 35.5 Å². The van der Waals surface area contributed by atoms with Gasteiger partial charge in [0.25, 0.3) is 0 Å². The van der Waals surface area contributed by atoms with Crippen LogP contribution in [-0.2, 0) is 23.2 Å². The minimum absolute atomic E-state index is 0.000331. The van der Waals surface area contributed by atoms with Crippen molar-refractivity contribution in [2.75, 3.05) is 13.7 Å². The minimum Gasteiger partial charge on any atom is -0.493 e. The average Bonchev–Trinajstić information content (AvgIpc) is 2.93. The number of fused-ring (bicyclic) bond motifs is 1. The Morgan fingerprint density at radius 2 is 2.12 bits per heavy atom. The number of carbonyl (C=O) groups excluding carboxylic acids is 1. The van der Waals surface area contributed by atoms with Crippen molar-refractivity contribution in [1.82, 2.24) is 15.1 Å². The summed E-state index contributed by atoms with van der Waals surface area (Å²) in [5.41, 5.74) is 3.09. The molecule has 0 saturated carbocycles. The van der Waals surface area contributed by atoms with Gasteiger partial charge in [0.2, 0.25) is 5.91 Å². The number of nitrogens with one attached hydrogen (secondary N) is 1. The van der Waals surface area contributed by atoms with Gasteiger partial charge < -0.3 is 9.64 Å². The van der Waals surface area contributed by atoms with Gasteiger partial charge in [-0.2, -0.15) is 5.10 Å². The topological polar surface area (TPSA) is 58.2 Å². The second-order valence-electron chi connectivity index (χ2n) is 7.87. The molecule has 1 aliphatic rings. The first-order valence-corrected chi connectivity index (χ1v) is 8.85. The molecule has 1 aromatic heterocycles. The molecule has 0 bridgehead atoms. The van der Waals surface area contributed by atoms with Crippen LogP contribution in [-0.4, -0.2) is 34.7 Å². The largest absolute Gasteiger partial charge is 0.493 e. The fourth-order valence-corrected chi connectivity index (χ4v) is 3.17. The van der Waals surface area contributed by atoms with Crippen molar-refractivity contribution in [3.8, 4) is 5.75 Å². The van der Waals surface area contributed by atoms with Gasteiger partial charge >= 0.3 is 0 Å². The van der Waals surface area contributed by atoms with E-state index in [-0.39, 0.29) is 17.2 Å². The molecule has 2 aromatic rings. The highest BCUT2D eigenvalue weighted by atomic mass is 16.5. The molecule has 134 valence electrons. The van der Waals surface area contributed by atoms with Crippen LogP contribution >= 0.6 is 0 Å². The summed E-state index contributed by atoms with van der Waals surface area (Å²) >= 11 is 0. The summed E-state index contributed by atoms with van der Waals surface area (Å²) in [5, 5.41) is 7.43. The highest BCUT2D eigenvalue weighted by Gasteiger charge is 2.26. The van der Waals surface area contributed by atoms with Gasteiger partial charge in [-0.15, -0.1) is 0 Å². The molecule has 5 nitrogen and oxygen atoms in total. The third-order valence-electron chi connectivity index (χ3n) is 4.70. The van der Waals surface area contributed by atoms with Crippen LogP contribution in [0.25, 0.3) is 0 Å². The van der Waals surface area contributed by atoms with Gasteiger partial charge in [-0.3, -0.25) is 9.89 Å². The number of carbonyl (C=O) groups is 1. The van der Waals surface area contributed by atoms with Crippen molar-refractivity contribution < 1.29 is 9.53 Å². The zero-order chi connectivity index (χ0) is 18.0. The first-order valence-electron chi connectivity index (χ1n) is 8.85. The number of aromatic amines is 1. The van der Waals surface area contributed by atoms with Crippen LogP contribution in [0.3, 0.4) is 0 Å². The van der Waals surface area contributed by atoms with Crippen LogP contribution in [0.4, 0.5) is 0 Å². The van der Waals surface area contributed by atoms with Crippen molar-refractivity contribution in [3.63, 3.8) is 0 Å². The van der Waals surface area contributed by atoms with E-state index in [1.807, 2.05) is 31.3 Å². The third kappa shape index (κ3) is 4.03. The normalized spacial score (nSPS) is 17.4. The summed E-state index contributed by atoms with van der Waals surface area (Å²) in [7, 11) is 1.86. The number of ether oxygens (including phenoxy) is 1. The predicted octanol–water partition coefficient (Wildman–Crippen LogP) is 3.31. The first kappa shape index (κ1) is 17.5. The van der Waals surface area contributed by atoms with E-state index in [4.69, 9.17) is 4.74 Å². The Kier molecular flexibility index (Phi) is 4.84. The van der Waals surface area contributed by atoms with Gasteiger partial charge in [0.1, 0.15) is 5.75 Å². The number of benzene rings is 1. The van der Waals surface area contributed by atoms with Crippen LogP contribution < -0.4 is 4.74 Å². The lowest BCUT2D eigenvalue weighted by Gasteiger charge is -2.22. The summed E-state index contributed by atoms with van der Waals surface area (Å²) in [6.07, 6.45) is 1.48. The Bertz CT molecular complexity index is 745. The number of hydrogen-bond donors (Lipinski definition) is 1. The van der Waals surface area contributed by atoms with E-state index in [1.165, 1.54) is 0 Å². The molecule has 1 N–H and O–H groups in total. The Labute approximate surface area is 149 Å². The molecule has 2 heterocycles. The van der Waals surface area contributed by atoms with Crippen LogP contribution in [0.1, 0.15) is 44.1 Å². The Morgan fingerprint density at radius 1 is 1.36 bits per heavy atom. The molecule has 1 atom stereocenters. The fourth-order valence-electron chi connectivity index (χ4n) is 3.17. The standard InChI is InChI=1S/C20H27N3O2/c1-20(2,3)18-12-16(21-22-18)13-23(4)19(24)15-9-10-25-17-8-6-5-7-14(17)11-15/h5-8,12,15H,9-11,13H2,1-4H3,(H,21,22). The van der Waals surface area contributed by atoms with E-state index >= 15 is 0 Å². The molecule has 5 heteroatoms. The molecule has 1 aliphatic heterocycles. The van der Waals surface area contributed by atoms with Gasteiger partial charge in [-0.05, 0) is 30.5 Å². The van der Waals surface area contributed by atoms with Gasteiger partial charge in [-0.1, -0.05) is 39.0 Å². The molecule has 0 radical (unpaired) electrons. The molecule has 0 fully saturated rings. The van der Waals surface area contributed by atoms with E-state index in [1.54, 1.807) is 4.90 Å². The summed E-state index contributed by atoms with van der Waals surface area (Å²) < 4.78 is 5.78. The zero-order valence-electron chi connectivity index (χ0n) is 15.5. The number of para-hydroxylation sites is 1. The molecule has 0 saturated heterocycles. The van der Waals surface area contributed by atoms with E-state index < -0.39 is 0 Å². The smallest absolute Gasteiger partial charge is 0.226 e. The maximum absolute atomic E-state index is 12.9. The van der Waals surface area contributed by atoms with Gasteiger partial charge in [-0.25, -0.2) is 0 Å². The molecule has 1 aromatic carbocycles. The number of aromatic nitrogens is 2. The second-order valence-corrected chi connectivity index (χ2v) is 7.87. The predicted molar refractivity (Wildman–Crippen MR) is 97.5 cm³/mol. The number of H-pyrrole nitrogens is 1. The van der Waals surface area contributed by atoms with E-state index in [9.17, 15) is 4.79 Å². The quantitative estimate of drug-likeness (QED) is 0.932. The molecular weight excluding hydrogens is 314 g/mol. The number of rotatable bonds is 3. The number of nitrogens with zero attached hydrogens (tertiary/aromatic N) is 2. The van der Waals surface area contributed by atoms with Crippen molar-refractivity contribution in [1.29, 1.82) is 0 Å². The fraction of sp³-hybridized carbons (Fsp3) is 0.500. The van der Waals surface area contributed by atoms with Crippen LogP contribution in [0.2, 0.25) is 0 Å². The Hall–Kier alpha value is -2.30. The monoisotopic (exact) mass is 341 g/mol. The summed E-state index contributed by atoms with van der Waals surface area (Å²) in [6, 6.07) is 10.0. The van der Waals surface area contributed by atoms with E-state index in [2.05, 4.69) is 37.0 Å². The van der Waals surface area contributed by atoms with Gasteiger partial charge in [0.15, 0.2) is 0 Å². The maximum atomic E-state index is 12.9. The third-order valence-corrected chi connectivity index (χ3v) is 4.70. The minimum atomic E-state index is -0.0429. The van der Waals surface area contributed by atoms with Crippen LogP contribution in [0.5, 0.6) is 5.75 Å². The molecule has 25 heavy (non-hydrogen) atoms.